The highest BCUT2D eigenvalue weighted by molar-refractivity contribution is 6.30. The van der Waals surface area contributed by atoms with E-state index < -0.39 is 0 Å². The third kappa shape index (κ3) is 3.24. The molecule has 1 aliphatic heterocycles. The Balaban J connectivity index is 1.78. The number of hydrogen-bond acceptors (Lipinski definition) is 3. The number of para-hydroxylation sites is 2. The van der Waals surface area contributed by atoms with Crippen LogP contribution in [0.4, 0.5) is 5.95 Å². The van der Waals surface area contributed by atoms with E-state index >= 15 is 0 Å². The first-order chi connectivity index (χ1) is 12.3. The van der Waals surface area contributed by atoms with Crippen LogP contribution in [0.3, 0.4) is 0 Å². The Bertz CT molecular complexity index is 859. The maximum Gasteiger partial charge on any atom is 0.207 e. The van der Waals surface area contributed by atoms with Gasteiger partial charge in [0.15, 0.2) is 0 Å². The molecule has 1 atom stereocenters. The van der Waals surface area contributed by atoms with Gasteiger partial charge in [-0.15, -0.1) is 0 Å². The summed E-state index contributed by atoms with van der Waals surface area (Å²) in [5.41, 5.74) is 3.30. The van der Waals surface area contributed by atoms with Crippen molar-refractivity contribution in [1.29, 1.82) is 0 Å². The van der Waals surface area contributed by atoms with E-state index in [4.69, 9.17) is 16.6 Å². The molecule has 5 heteroatoms. The van der Waals surface area contributed by atoms with Crippen molar-refractivity contribution in [3.63, 3.8) is 0 Å². The Hall–Kier alpha value is -2.04. The van der Waals surface area contributed by atoms with Crippen molar-refractivity contribution in [2.75, 3.05) is 18.1 Å². The van der Waals surface area contributed by atoms with Gasteiger partial charge in [0.1, 0.15) is 0 Å². The largest absolute Gasteiger partial charge is 0.394 e. The molecule has 130 valence electrons. The van der Waals surface area contributed by atoms with E-state index in [0.29, 0.717) is 0 Å². The quantitative estimate of drug-likeness (QED) is 0.766. The summed E-state index contributed by atoms with van der Waals surface area (Å²) >= 11 is 6.02. The summed E-state index contributed by atoms with van der Waals surface area (Å²) in [6.45, 7) is 1.85. The Morgan fingerprint density at radius 3 is 2.68 bits per heavy atom. The molecule has 1 aliphatic rings. The van der Waals surface area contributed by atoms with Crippen molar-refractivity contribution in [3.8, 4) is 0 Å². The first-order valence-electron chi connectivity index (χ1n) is 8.83. The molecule has 1 saturated heterocycles. The fraction of sp³-hybridized carbons (Fsp3) is 0.350. The molecule has 3 aromatic rings. The normalized spacial score (nSPS) is 18.0. The lowest BCUT2D eigenvalue weighted by Crippen LogP contribution is -2.43. The second kappa shape index (κ2) is 7.06. The zero-order valence-corrected chi connectivity index (χ0v) is 14.9. The fourth-order valence-corrected chi connectivity index (χ4v) is 3.79. The Morgan fingerprint density at radius 2 is 1.88 bits per heavy atom. The monoisotopic (exact) mass is 355 g/mol. The van der Waals surface area contributed by atoms with Crippen molar-refractivity contribution in [2.45, 2.75) is 31.8 Å². The highest BCUT2D eigenvalue weighted by Crippen LogP contribution is 2.29. The Kier molecular flexibility index (Phi) is 4.64. The molecule has 1 N–H and O–H groups in total. The van der Waals surface area contributed by atoms with Crippen molar-refractivity contribution in [3.05, 3.63) is 59.1 Å². The van der Waals surface area contributed by atoms with Gasteiger partial charge in [0, 0.05) is 11.6 Å². The number of rotatable bonds is 4. The van der Waals surface area contributed by atoms with Crippen molar-refractivity contribution >= 4 is 28.6 Å². The minimum Gasteiger partial charge on any atom is -0.394 e. The summed E-state index contributed by atoms with van der Waals surface area (Å²) in [6, 6.07) is 16.3. The molecule has 1 fully saturated rings. The maximum absolute atomic E-state index is 9.82. The average Bonchev–Trinajstić information content (AvgIpc) is 3.02. The number of hydrogen-bond donors (Lipinski definition) is 1. The van der Waals surface area contributed by atoms with E-state index in [1.54, 1.807) is 0 Å². The molecular weight excluding hydrogens is 334 g/mol. The van der Waals surface area contributed by atoms with Gasteiger partial charge in [0.2, 0.25) is 5.95 Å². The van der Waals surface area contributed by atoms with Gasteiger partial charge in [-0.1, -0.05) is 35.9 Å². The number of aliphatic hydroxyl groups excluding tert-OH is 1. The number of aromatic nitrogens is 2. The molecule has 0 radical (unpaired) electrons. The van der Waals surface area contributed by atoms with Gasteiger partial charge in [-0.25, -0.2) is 4.98 Å². The van der Waals surface area contributed by atoms with Crippen LogP contribution in [0, 0.1) is 0 Å². The van der Waals surface area contributed by atoms with Gasteiger partial charge in [0.05, 0.1) is 30.2 Å². The van der Waals surface area contributed by atoms with Gasteiger partial charge in [-0.05, 0) is 49.1 Å². The van der Waals surface area contributed by atoms with E-state index in [1.807, 2.05) is 24.3 Å². The highest BCUT2D eigenvalue weighted by Gasteiger charge is 2.26. The summed E-state index contributed by atoms with van der Waals surface area (Å²) in [7, 11) is 0. The van der Waals surface area contributed by atoms with Gasteiger partial charge in [0.25, 0.3) is 0 Å². The molecular formula is C20H22ClN3O. The van der Waals surface area contributed by atoms with Gasteiger partial charge in [-0.2, -0.15) is 0 Å². The summed E-state index contributed by atoms with van der Waals surface area (Å²) in [5, 5.41) is 10.6. The topological polar surface area (TPSA) is 41.3 Å². The molecule has 2 aromatic carbocycles. The number of nitrogens with zero attached hydrogens (tertiary/aromatic N) is 3. The summed E-state index contributed by atoms with van der Waals surface area (Å²) in [5.74, 6) is 0.954. The van der Waals surface area contributed by atoms with Gasteiger partial charge < -0.3 is 14.6 Å². The minimum atomic E-state index is 0.148. The number of fused-ring (bicyclic) bond motifs is 1. The van der Waals surface area contributed by atoms with Crippen LogP contribution in [-0.4, -0.2) is 33.9 Å². The van der Waals surface area contributed by atoms with Gasteiger partial charge in [-0.3, -0.25) is 0 Å². The molecule has 0 amide bonds. The third-order valence-electron chi connectivity index (χ3n) is 4.98. The van der Waals surface area contributed by atoms with Gasteiger partial charge >= 0.3 is 0 Å². The van der Waals surface area contributed by atoms with Crippen LogP contribution in [0.25, 0.3) is 11.0 Å². The lowest BCUT2D eigenvalue weighted by molar-refractivity contribution is 0.238. The van der Waals surface area contributed by atoms with E-state index in [0.717, 1.165) is 47.9 Å². The van der Waals surface area contributed by atoms with Crippen LogP contribution in [-0.2, 0) is 6.54 Å². The van der Waals surface area contributed by atoms with E-state index in [9.17, 15) is 5.11 Å². The maximum atomic E-state index is 9.82. The number of imidazole rings is 1. The number of halogens is 1. The van der Waals surface area contributed by atoms with Crippen molar-refractivity contribution in [1.82, 2.24) is 9.55 Å². The highest BCUT2D eigenvalue weighted by atomic mass is 35.5. The lowest BCUT2D eigenvalue weighted by atomic mass is 10.0. The zero-order valence-electron chi connectivity index (χ0n) is 14.1. The van der Waals surface area contributed by atoms with Crippen LogP contribution in [0.1, 0.15) is 24.8 Å². The number of benzene rings is 2. The lowest BCUT2D eigenvalue weighted by Gasteiger charge is -2.35. The second-order valence-electron chi connectivity index (χ2n) is 6.64. The molecule has 1 aromatic heterocycles. The molecule has 4 nitrogen and oxygen atoms in total. The van der Waals surface area contributed by atoms with E-state index in [-0.39, 0.29) is 12.6 Å². The second-order valence-corrected chi connectivity index (χ2v) is 7.08. The van der Waals surface area contributed by atoms with Crippen LogP contribution >= 0.6 is 11.6 Å². The molecule has 0 spiro atoms. The molecule has 25 heavy (non-hydrogen) atoms. The first kappa shape index (κ1) is 16.4. The summed E-state index contributed by atoms with van der Waals surface area (Å²) in [4.78, 5) is 7.18. The van der Waals surface area contributed by atoms with E-state index in [2.05, 4.69) is 33.7 Å². The van der Waals surface area contributed by atoms with Crippen LogP contribution in [0.15, 0.2) is 48.5 Å². The van der Waals surface area contributed by atoms with E-state index in [1.165, 1.54) is 12.0 Å². The van der Waals surface area contributed by atoms with Crippen molar-refractivity contribution < 1.29 is 5.11 Å². The fourth-order valence-electron chi connectivity index (χ4n) is 3.66. The molecule has 1 unspecified atom stereocenters. The SMILES string of the molecule is OCC1CCCCN1c1nc2ccccc2n1Cc1ccc(Cl)cc1. The number of anilines is 1. The molecule has 2 heterocycles. The standard InChI is InChI=1S/C20H22ClN3O/c21-16-10-8-15(9-11-16)13-24-19-7-2-1-6-18(19)22-20(24)23-12-4-3-5-17(23)14-25/h1-2,6-11,17,25H,3-5,12-14H2. The molecule has 0 aliphatic carbocycles. The number of aliphatic hydroxyl groups is 1. The van der Waals surface area contributed by atoms with Crippen LogP contribution < -0.4 is 4.90 Å². The third-order valence-corrected chi connectivity index (χ3v) is 5.24. The zero-order chi connectivity index (χ0) is 17.2. The predicted octanol–water partition coefficient (Wildman–Crippen LogP) is 4.09. The van der Waals surface area contributed by atoms with Crippen LogP contribution in [0.2, 0.25) is 5.02 Å². The Labute approximate surface area is 152 Å². The van der Waals surface area contributed by atoms with Crippen molar-refractivity contribution in [2.24, 2.45) is 0 Å². The molecule has 0 bridgehead atoms. The van der Waals surface area contributed by atoms with Crippen LogP contribution in [0.5, 0.6) is 0 Å². The predicted molar refractivity (Wildman–Crippen MR) is 102 cm³/mol. The molecule has 0 saturated carbocycles. The Morgan fingerprint density at radius 1 is 1.08 bits per heavy atom. The number of piperidine rings is 1. The summed E-state index contributed by atoms with van der Waals surface area (Å²) < 4.78 is 2.26. The molecule has 4 rings (SSSR count). The smallest absolute Gasteiger partial charge is 0.207 e. The minimum absolute atomic E-state index is 0.148. The summed E-state index contributed by atoms with van der Waals surface area (Å²) in [6.07, 6.45) is 3.32. The first-order valence-corrected chi connectivity index (χ1v) is 9.21. The average molecular weight is 356 g/mol.